The summed E-state index contributed by atoms with van der Waals surface area (Å²) in [5, 5.41) is 4.05. The van der Waals surface area contributed by atoms with Gasteiger partial charge in [-0.1, -0.05) is 43.2 Å². The van der Waals surface area contributed by atoms with E-state index in [1.807, 2.05) is 6.07 Å². The van der Waals surface area contributed by atoms with Gasteiger partial charge in [-0.15, -0.1) is 0 Å². The van der Waals surface area contributed by atoms with Gasteiger partial charge in [0.15, 0.2) is 5.65 Å². The molecule has 1 radical (unpaired) electrons. The van der Waals surface area contributed by atoms with Crippen molar-refractivity contribution in [1.82, 2.24) is 19.6 Å². The van der Waals surface area contributed by atoms with Crippen molar-refractivity contribution in [2.75, 3.05) is 0 Å². The first-order valence-electron chi connectivity index (χ1n) is 7.54. The fourth-order valence-corrected chi connectivity index (χ4v) is 2.44. The summed E-state index contributed by atoms with van der Waals surface area (Å²) in [6, 6.07) is 12.6. The quantitative estimate of drug-likeness (QED) is 0.623. The monoisotopic (exact) mass is 279 g/mol. The molecule has 0 saturated carbocycles. The highest BCUT2D eigenvalue weighted by Crippen LogP contribution is 2.09. The fraction of sp³-hybridized carbons (Fsp3) is 0.353. The van der Waals surface area contributed by atoms with Crippen LogP contribution in [0, 0.1) is 6.33 Å². The average molecular weight is 279 g/mol. The third-order valence-electron chi connectivity index (χ3n) is 3.60. The van der Waals surface area contributed by atoms with E-state index in [0.29, 0.717) is 0 Å². The van der Waals surface area contributed by atoms with Crippen LogP contribution in [0.3, 0.4) is 0 Å². The van der Waals surface area contributed by atoms with E-state index in [2.05, 4.69) is 51.7 Å². The minimum atomic E-state index is 0.823. The molecule has 0 bridgehead atoms. The summed E-state index contributed by atoms with van der Waals surface area (Å²) >= 11 is 0. The van der Waals surface area contributed by atoms with Gasteiger partial charge in [-0.25, -0.2) is 9.97 Å². The molecule has 107 valence electrons. The Morgan fingerprint density at radius 2 is 1.71 bits per heavy atom. The molecule has 0 saturated heterocycles. The van der Waals surface area contributed by atoms with Crippen LogP contribution < -0.4 is 0 Å². The predicted octanol–water partition coefficient (Wildman–Crippen LogP) is 3.27. The molecule has 3 rings (SSSR count). The smallest absolute Gasteiger partial charge is 0.202 e. The maximum atomic E-state index is 4.46. The Hall–Kier alpha value is -2.23. The first-order valence-corrected chi connectivity index (χ1v) is 7.54. The molecule has 2 heterocycles. The molecule has 0 spiro atoms. The van der Waals surface area contributed by atoms with Crippen LogP contribution >= 0.6 is 0 Å². The molecule has 0 fully saturated rings. The number of unbranched alkanes of at least 4 members (excludes halogenated alkanes) is 3. The second-order valence-corrected chi connectivity index (χ2v) is 5.24. The molecule has 0 atom stereocenters. The van der Waals surface area contributed by atoms with Crippen LogP contribution in [-0.2, 0) is 12.8 Å². The molecule has 0 unspecified atom stereocenters. The van der Waals surface area contributed by atoms with E-state index >= 15 is 0 Å². The Balaban J connectivity index is 1.36. The fourth-order valence-electron chi connectivity index (χ4n) is 2.44. The van der Waals surface area contributed by atoms with Crippen molar-refractivity contribution in [3.63, 3.8) is 0 Å². The topological polar surface area (TPSA) is 43.1 Å². The van der Waals surface area contributed by atoms with Gasteiger partial charge < -0.3 is 0 Å². The lowest BCUT2D eigenvalue weighted by atomic mass is 10.1. The maximum Gasteiger partial charge on any atom is 0.202 e. The van der Waals surface area contributed by atoms with Crippen LogP contribution in [0.4, 0.5) is 0 Å². The maximum absolute atomic E-state index is 4.46. The molecule has 4 heteroatoms. The molecule has 0 aliphatic carbocycles. The molecule has 0 N–H and O–H groups in total. The van der Waals surface area contributed by atoms with E-state index < -0.39 is 0 Å². The number of benzene rings is 1. The average Bonchev–Trinajstić information content (AvgIpc) is 2.99. The number of rotatable bonds is 7. The first-order chi connectivity index (χ1) is 10.4. The van der Waals surface area contributed by atoms with Crippen LogP contribution in [0.1, 0.15) is 37.1 Å². The SMILES string of the molecule is [c]1nc(CCCCCCc2ccccc2)nc2ccnn12. The van der Waals surface area contributed by atoms with Crippen LogP contribution in [-0.4, -0.2) is 19.6 Å². The summed E-state index contributed by atoms with van der Waals surface area (Å²) in [5.41, 5.74) is 2.26. The number of hydrogen-bond donors (Lipinski definition) is 0. The van der Waals surface area contributed by atoms with Gasteiger partial charge in [0.1, 0.15) is 5.82 Å². The molecule has 21 heavy (non-hydrogen) atoms. The van der Waals surface area contributed by atoms with Gasteiger partial charge in [-0.3, -0.25) is 0 Å². The van der Waals surface area contributed by atoms with Crippen molar-refractivity contribution < 1.29 is 0 Å². The Morgan fingerprint density at radius 1 is 0.905 bits per heavy atom. The minimum Gasteiger partial charge on any atom is -0.214 e. The van der Waals surface area contributed by atoms with Gasteiger partial charge in [0, 0.05) is 12.5 Å². The molecule has 1 aromatic carbocycles. The standard InChI is InChI=1S/C17H19N4/c1(4-8-15-9-5-3-6-10-15)2-7-11-16-18-14-21-17(20-16)12-13-19-21/h3,5-6,9-10,12-13H,1-2,4,7-8,11H2. The van der Waals surface area contributed by atoms with E-state index in [0.717, 1.165) is 24.3 Å². The zero-order valence-corrected chi connectivity index (χ0v) is 12.1. The molecule has 0 aliphatic heterocycles. The van der Waals surface area contributed by atoms with E-state index in [1.54, 1.807) is 10.7 Å². The van der Waals surface area contributed by atoms with Crippen LogP contribution in [0.15, 0.2) is 42.6 Å². The van der Waals surface area contributed by atoms with E-state index in [1.165, 1.54) is 31.2 Å². The van der Waals surface area contributed by atoms with Gasteiger partial charge in [0.05, 0.1) is 6.20 Å². The van der Waals surface area contributed by atoms with Crippen molar-refractivity contribution in [2.24, 2.45) is 0 Å². The largest absolute Gasteiger partial charge is 0.214 e. The highest BCUT2D eigenvalue weighted by Gasteiger charge is 2.01. The van der Waals surface area contributed by atoms with E-state index in [4.69, 9.17) is 0 Å². The molecule has 4 nitrogen and oxygen atoms in total. The van der Waals surface area contributed by atoms with Crippen LogP contribution in [0.2, 0.25) is 0 Å². The van der Waals surface area contributed by atoms with Crippen molar-refractivity contribution in [3.05, 3.63) is 60.3 Å². The Bertz CT molecular complexity index is 675. The highest BCUT2D eigenvalue weighted by molar-refractivity contribution is 5.34. The zero-order valence-electron chi connectivity index (χ0n) is 12.1. The van der Waals surface area contributed by atoms with E-state index in [-0.39, 0.29) is 0 Å². The third-order valence-corrected chi connectivity index (χ3v) is 3.60. The van der Waals surface area contributed by atoms with Gasteiger partial charge in [0.25, 0.3) is 0 Å². The summed E-state index contributed by atoms with van der Waals surface area (Å²) < 4.78 is 1.57. The molecule has 2 aromatic heterocycles. The summed E-state index contributed by atoms with van der Waals surface area (Å²) in [4.78, 5) is 8.67. The number of hydrogen-bond acceptors (Lipinski definition) is 3. The number of aromatic nitrogens is 4. The first kappa shape index (κ1) is 13.7. The lowest BCUT2D eigenvalue weighted by molar-refractivity contribution is 0.627. The normalized spacial score (nSPS) is 11.0. The van der Waals surface area contributed by atoms with Gasteiger partial charge in [-0.05, 0) is 24.8 Å². The molecule has 0 aliphatic rings. The number of aryl methyl sites for hydroxylation is 2. The molecule has 3 aromatic rings. The number of fused-ring (bicyclic) bond motifs is 1. The Kier molecular flexibility index (Phi) is 4.56. The Labute approximate surface area is 124 Å². The molecular formula is C17H19N4. The van der Waals surface area contributed by atoms with Gasteiger partial charge in [-0.2, -0.15) is 9.61 Å². The second-order valence-electron chi connectivity index (χ2n) is 5.24. The minimum absolute atomic E-state index is 0.823. The molecule has 0 amide bonds. The lowest BCUT2D eigenvalue weighted by Crippen LogP contribution is -2.00. The lowest BCUT2D eigenvalue weighted by Gasteiger charge is -2.02. The predicted molar refractivity (Wildman–Crippen MR) is 81.9 cm³/mol. The molecular weight excluding hydrogens is 260 g/mol. The van der Waals surface area contributed by atoms with Gasteiger partial charge >= 0.3 is 0 Å². The summed E-state index contributed by atoms with van der Waals surface area (Å²) in [5.74, 6) is 0.867. The van der Waals surface area contributed by atoms with Crippen LogP contribution in [0.5, 0.6) is 0 Å². The van der Waals surface area contributed by atoms with Gasteiger partial charge in [0.2, 0.25) is 6.33 Å². The van der Waals surface area contributed by atoms with Crippen molar-refractivity contribution in [3.8, 4) is 0 Å². The van der Waals surface area contributed by atoms with Crippen molar-refractivity contribution in [1.29, 1.82) is 0 Å². The number of nitrogens with zero attached hydrogens (tertiary/aromatic N) is 4. The highest BCUT2D eigenvalue weighted by atomic mass is 15.3. The zero-order chi connectivity index (χ0) is 14.3. The summed E-state index contributed by atoms with van der Waals surface area (Å²) in [7, 11) is 0. The van der Waals surface area contributed by atoms with Crippen LogP contribution in [0.25, 0.3) is 5.65 Å². The summed E-state index contributed by atoms with van der Waals surface area (Å²) in [6.07, 6.45) is 11.5. The Morgan fingerprint density at radius 3 is 2.57 bits per heavy atom. The van der Waals surface area contributed by atoms with Crippen molar-refractivity contribution in [2.45, 2.75) is 38.5 Å². The van der Waals surface area contributed by atoms with Crippen molar-refractivity contribution >= 4 is 5.65 Å². The van der Waals surface area contributed by atoms with E-state index in [9.17, 15) is 0 Å². The second kappa shape index (κ2) is 6.97. The summed E-state index contributed by atoms with van der Waals surface area (Å²) in [6.45, 7) is 0. The third kappa shape index (κ3) is 3.88.